The van der Waals surface area contributed by atoms with Crippen LogP contribution in [0, 0.1) is 10.1 Å². The largest absolute Gasteiger partial charge is 0.464 e. The maximum Gasteiger partial charge on any atom is 0.342 e. The highest BCUT2D eigenvalue weighted by Gasteiger charge is 2.29. The van der Waals surface area contributed by atoms with E-state index in [2.05, 4.69) is 20.7 Å². The maximum absolute atomic E-state index is 13.7. The van der Waals surface area contributed by atoms with Gasteiger partial charge in [0.05, 0.1) is 22.0 Å². The van der Waals surface area contributed by atoms with E-state index in [9.17, 15) is 19.3 Å². The summed E-state index contributed by atoms with van der Waals surface area (Å²) in [5.41, 5.74) is 5.48. The normalized spacial score (nSPS) is 13.7. The fourth-order valence-electron chi connectivity index (χ4n) is 1.41. The zero-order valence-corrected chi connectivity index (χ0v) is 11.6. The first-order chi connectivity index (χ1) is 8.88. The lowest BCUT2D eigenvalue weighted by atomic mass is 10.0. The summed E-state index contributed by atoms with van der Waals surface area (Å²) in [7, 11) is 0. The predicted molar refractivity (Wildman–Crippen MR) is 69.3 cm³/mol. The van der Waals surface area contributed by atoms with Crippen LogP contribution in [0.1, 0.15) is 18.5 Å². The molecule has 0 aromatic heterocycles. The number of esters is 1. The van der Waals surface area contributed by atoms with Gasteiger partial charge in [-0.15, -0.1) is 0 Å². The number of nitro groups is 1. The molecule has 104 valence electrons. The highest BCUT2D eigenvalue weighted by molar-refractivity contribution is 9.10. The quantitative estimate of drug-likeness (QED) is 0.506. The molecule has 0 radical (unpaired) electrons. The monoisotopic (exact) mass is 334 g/mol. The molecule has 2 atom stereocenters. The van der Waals surface area contributed by atoms with Crippen LogP contribution in [-0.2, 0) is 9.53 Å². The Balaban J connectivity index is 3.00. The number of nitrogens with zero attached hydrogens (tertiary/aromatic N) is 1. The molecule has 19 heavy (non-hydrogen) atoms. The van der Waals surface area contributed by atoms with Crippen molar-refractivity contribution in [1.29, 1.82) is 0 Å². The van der Waals surface area contributed by atoms with E-state index in [-0.39, 0.29) is 22.3 Å². The van der Waals surface area contributed by atoms with Crippen LogP contribution in [0.5, 0.6) is 0 Å². The van der Waals surface area contributed by atoms with Gasteiger partial charge in [0, 0.05) is 6.07 Å². The highest BCUT2D eigenvalue weighted by atomic mass is 79.9. The first kappa shape index (κ1) is 15.5. The second-order valence-electron chi connectivity index (χ2n) is 3.65. The number of nitro benzene ring substituents is 1. The fourth-order valence-corrected chi connectivity index (χ4v) is 1.81. The number of alkyl halides is 1. The molecule has 1 rings (SSSR count). The van der Waals surface area contributed by atoms with Gasteiger partial charge in [0.25, 0.3) is 5.69 Å². The number of hydrogen-bond donors (Lipinski definition) is 1. The fraction of sp³-hybridized carbons (Fsp3) is 0.364. The van der Waals surface area contributed by atoms with Crippen molar-refractivity contribution in [2.45, 2.75) is 19.1 Å². The van der Waals surface area contributed by atoms with Crippen molar-refractivity contribution in [3.05, 3.63) is 38.3 Å². The van der Waals surface area contributed by atoms with E-state index in [4.69, 9.17) is 5.73 Å². The standard InChI is InChI=1S/C11H12BrFN2O4/c1-2-19-11(16)9(13)10(14)6-3-4-7(12)8(5-6)15(17)18/h3-5,9-10H,2,14H2,1H3/t9?,10-/m1/s1. The Bertz CT molecular complexity index is 498. The summed E-state index contributed by atoms with van der Waals surface area (Å²) in [6.45, 7) is 1.58. The molecule has 0 amide bonds. The van der Waals surface area contributed by atoms with Crippen molar-refractivity contribution < 1.29 is 18.8 Å². The summed E-state index contributed by atoms with van der Waals surface area (Å²) in [5, 5.41) is 10.8. The van der Waals surface area contributed by atoms with Gasteiger partial charge < -0.3 is 10.5 Å². The number of carbonyl (C=O) groups excluding carboxylic acids is 1. The summed E-state index contributed by atoms with van der Waals surface area (Å²) in [4.78, 5) is 21.3. The molecule has 8 heteroatoms. The van der Waals surface area contributed by atoms with E-state index >= 15 is 0 Å². The Kier molecular flexibility index (Phi) is 5.37. The van der Waals surface area contributed by atoms with Crippen molar-refractivity contribution in [2.24, 2.45) is 5.73 Å². The summed E-state index contributed by atoms with van der Waals surface area (Å²) in [6.07, 6.45) is -2.07. The topological polar surface area (TPSA) is 95.5 Å². The molecule has 1 unspecified atom stereocenters. The lowest BCUT2D eigenvalue weighted by Crippen LogP contribution is -2.31. The smallest absolute Gasteiger partial charge is 0.342 e. The van der Waals surface area contributed by atoms with Gasteiger partial charge in [-0.2, -0.15) is 0 Å². The van der Waals surface area contributed by atoms with Crippen molar-refractivity contribution >= 4 is 27.6 Å². The minimum absolute atomic E-state index is 0.0342. The van der Waals surface area contributed by atoms with Crippen LogP contribution in [0.4, 0.5) is 10.1 Å². The van der Waals surface area contributed by atoms with Gasteiger partial charge in [0.1, 0.15) is 0 Å². The zero-order valence-electron chi connectivity index (χ0n) is 10.0. The van der Waals surface area contributed by atoms with Crippen LogP contribution in [0.15, 0.2) is 22.7 Å². The van der Waals surface area contributed by atoms with Crippen LogP contribution in [0.25, 0.3) is 0 Å². The van der Waals surface area contributed by atoms with Gasteiger partial charge in [-0.05, 0) is 34.5 Å². The molecule has 0 saturated heterocycles. The number of halogens is 2. The van der Waals surface area contributed by atoms with Gasteiger partial charge in [-0.1, -0.05) is 6.07 Å². The molecule has 0 heterocycles. The Morgan fingerprint density at radius 1 is 1.63 bits per heavy atom. The Morgan fingerprint density at radius 2 is 2.26 bits per heavy atom. The van der Waals surface area contributed by atoms with E-state index in [1.807, 2.05) is 0 Å². The third-order valence-electron chi connectivity index (χ3n) is 2.38. The first-order valence-corrected chi connectivity index (χ1v) is 6.18. The molecule has 0 saturated carbocycles. The number of nitrogens with two attached hydrogens (primary N) is 1. The van der Waals surface area contributed by atoms with E-state index < -0.39 is 23.1 Å². The molecule has 1 aromatic carbocycles. The molecular weight excluding hydrogens is 323 g/mol. The van der Waals surface area contributed by atoms with Crippen LogP contribution in [0.2, 0.25) is 0 Å². The minimum atomic E-state index is -2.07. The molecule has 0 aliphatic heterocycles. The van der Waals surface area contributed by atoms with Crippen molar-refractivity contribution in [2.75, 3.05) is 6.61 Å². The molecular formula is C11H12BrFN2O4. The summed E-state index contributed by atoms with van der Waals surface area (Å²) in [5.74, 6) is -1.08. The van der Waals surface area contributed by atoms with Crippen LogP contribution >= 0.6 is 15.9 Å². The average molecular weight is 335 g/mol. The molecule has 0 aliphatic rings. The molecule has 0 spiro atoms. The van der Waals surface area contributed by atoms with Crippen LogP contribution in [-0.4, -0.2) is 23.7 Å². The van der Waals surface area contributed by atoms with Gasteiger partial charge in [-0.3, -0.25) is 10.1 Å². The molecule has 0 aliphatic carbocycles. The summed E-state index contributed by atoms with van der Waals surface area (Å²) >= 11 is 3.00. The number of carbonyl (C=O) groups is 1. The van der Waals surface area contributed by atoms with Crippen molar-refractivity contribution in [1.82, 2.24) is 0 Å². The number of ether oxygens (including phenoxy) is 1. The van der Waals surface area contributed by atoms with Gasteiger partial charge in [0.2, 0.25) is 6.17 Å². The first-order valence-electron chi connectivity index (χ1n) is 5.38. The summed E-state index contributed by atoms with van der Waals surface area (Å²) in [6, 6.07) is 2.60. The maximum atomic E-state index is 13.7. The number of rotatable bonds is 5. The van der Waals surface area contributed by atoms with E-state index in [0.29, 0.717) is 0 Å². The van der Waals surface area contributed by atoms with Gasteiger partial charge in [-0.25, -0.2) is 9.18 Å². The lowest BCUT2D eigenvalue weighted by Gasteiger charge is -2.15. The second-order valence-corrected chi connectivity index (χ2v) is 4.50. The molecule has 1 aromatic rings. The molecule has 6 nitrogen and oxygen atoms in total. The third kappa shape index (κ3) is 3.71. The third-order valence-corrected chi connectivity index (χ3v) is 3.05. The zero-order chi connectivity index (χ0) is 14.6. The van der Waals surface area contributed by atoms with Crippen molar-refractivity contribution in [3.63, 3.8) is 0 Å². The average Bonchev–Trinajstić information content (AvgIpc) is 2.37. The highest BCUT2D eigenvalue weighted by Crippen LogP contribution is 2.29. The van der Waals surface area contributed by atoms with Crippen LogP contribution in [0.3, 0.4) is 0 Å². The summed E-state index contributed by atoms with van der Waals surface area (Å²) < 4.78 is 18.5. The number of hydrogen-bond acceptors (Lipinski definition) is 5. The van der Waals surface area contributed by atoms with E-state index in [1.54, 1.807) is 6.92 Å². The Labute approximate surface area is 117 Å². The molecule has 0 fully saturated rings. The predicted octanol–water partition coefficient (Wildman–Crippen LogP) is 2.26. The Hall–Kier alpha value is -1.54. The second kappa shape index (κ2) is 6.58. The van der Waals surface area contributed by atoms with Gasteiger partial charge in [0.15, 0.2) is 0 Å². The van der Waals surface area contributed by atoms with Gasteiger partial charge >= 0.3 is 5.97 Å². The minimum Gasteiger partial charge on any atom is -0.464 e. The Morgan fingerprint density at radius 3 is 2.79 bits per heavy atom. The van der Waals surface area contributed by atoms with Crippen molar-refractivity contribution in [3.8, 4) is 0 Å². The van der Waals surface area contributed by atoms with E-state index in [1.165, 1.54) is 12.1 Å². The lowest BCUT2D eigenvalue weighted by molar-refractivity contribution is -0.385. The van der Waals surface area contributed by atoms with Crippen LogP contribution < -0.4 is 5.73 Å². The molecule has 2 N–H and O–H groups in total. The number of benzene rings is 1. The van der Waals surface area contributed by atoms with E-state index in [0.717, 1.165) is 6.07 Å². The molecule has 0 bridgehead atoms. The SMILES string of the molecule is CCOC(=O)C(F)[C@H](N)c1ccc(Br)c([N+](=O)[O-])c1.